The Kier molecular flexibility index (Phi) is 5.30. The van der Waals surface area contributed by atoms with Crippen molar-refractivity contribution >= 4 is 0 Å². The minimum absolute atomic E-state index is 0.824. The number of hydrogen-bond donors (Lipinski definition) is 1. The molecule has 0 bridgehead atoms. The first-order valence-corrected chi connectivity index (χ1v) is 7.71. The SMILES string of the molecule is CC1CCN(CCNC2CCCCC2)CC1C. The number of nitrogens with one attached hydrogen (secondary N) is 1. The highest BCUT2D eigenvalue weighted by atomic mass is 15.1. The highest BCUT2D eigenvalue weighted by Crippen LogP contribution is 2.22. The van der Waals surface area contributed by atoms with E-state index in [0.29, 0.717) is 0 Å². The quantitative estimate of drug-likeness (QED) is 0.810. The zero-order valence-corrected chi connectivity index (χ0v) is 11.8. The van der Waals surface area contributed by atoms with Crippen molar-refractivity contribution < 1.29 is 0 Å². The molecule has 0 aromatic carbocycles. The van der Waals surface area contributed by atoms with Crippen LogP contribution in [-0.4, -0.2) is 37.1 Å². The summed E-state index contributed by atoms with van der Waals surface area (Å²) in [7, 11) is 0. The predicted octanol–water partition coefficient (Wildman–Crippen LogP) is 2.89. The van der Waals surface area contributed by atoms with Crippen molar-refractivity contribution in [3.05, 3.63) is 0 Å². The van der Waals surface area contributed by atoms with Crippen LogP contribution in [0.5, 0.6) is 0 Å². The molecule has 1 saturated heterocycles. The van der Waals surface area contributed by atoms with E-state index in [-0.39, 0.29) is 0 Å². The summed E-state index contributed by atoms with van der Waals surface area (Å²) in [4.78, 5) is 2.65. The molecule has 1 aliphatic heterocycles. The van der Waals surface area contributed by atoms with E-state index in [1.807, 2.05) is 0 Å². The van der Waals surface area contributed by atoms with Crippen molar-refractivity contribution in [3.63, 3.8) is 0 Å². The van der Waals surface area contributed by atoms with Crippen LogP contribution < -0.4 is 5.32 Å². The average molecular weight is 238 g/mol. The summed E-state index contributed by atoms with van der Waals surface area (Å²) >= 11 is 0. The van der Waals surface area contributed by atoms with Gasteiger partial charge in [-0.2, -0.15) is 0 Å². The van der Waals surface area contributed by atoms with Crippen LogP contribution in [0.15, 0.2) is 0 Å². The second kappa shape index (κ2) is 6.75. The van der Waals surface area contributed by atoms with Crippen molar-refractivity contribution in [1.82, 2.24) is 10.2 Å². The lowest BCUT2D eigenvalue weighted by Crippen LogP contribution is -2.43. The molecule has 2 aliphatic rings. The van der Waals surface area contributed by atoms with Gasteiger partial charge in [-0.3, -0.25) is 0 Å². The first-order valence-electron chi connectivity index (χ1n) is 7.71. The van der Waals surface area contributed by atoms with Crippen LogP contribution in [0.25, 0.3) is 0 Å². The molecular weight excluding hydrogens is 208 g/mol. The average Bonchev–Trinajstić information content (AvgIpc) is 2.35. The van der Waals surface area contributed by atoms with Crippen molar-refractivity contribution in [2.75, 3.05) is 26.2 Å². The maximum atomic E-state index is 3.75. The standard InChI is InChI=1S/C15H30N2/c1-13-8-10-17(12-14(13)2)11-9-16-15-6-4-3-5-7-15/h13-16H,3-12H2,1-2H3. The van der Waals surface area contributed by atoms with Gasteiger partial charge >= 0.3 is 0 Å². The number of piperidine rings is 1. The molecule has 2 unspecified atom stereocenters. The first kappa shape index (κ1) is 13.4. The Morgan fingerprint density at radius 1 is 1.00 bits per heavy atom. The highest BCUT2D eigenvalue weighted by Gasteiger charge is 2.22. The summed E-state index contributed by atoms with van der Waals surface area (Å²) in [6, 6.07) is 0.824. The van der Waals surface area contributed by atoms with Gasteiger partial charge in [0, 0.05) is 25.7 Å². The van der Waals surface area contributed by atoms with Crippen LogP contribution in [0.3, 0.4) is 0 Å². The molecular formula is C15H30N2. The topological polar surface area (TPSA) is 15.3 Å². The molecule has 100 valence electrons. The summed E-state index contributed by atoms with van der Waals surface area (Å²) in [6.45, 7) is 9.90. The minimum atomic E-state index is 0.824. The monoisotopic (exact) mass is 238 g/mol. The molecule has 1 heterocycles. The highest BCUT2D eigenvalue weighted by molar-refractivity contribution is 4.77. The molecule has 1 aliphatic carbocycles. The zero-order valence-electron chi connectivity index (χ0n) is 11.8. The van der Waals surface area contributed by atoms with Gasteiger partial charge in [0.1, 0.15) is 0 Å². The largest absolute Gasteiger partial charge is 0.313 e. The van der Waals surface area contributed by atoms with Crippen LogP contribution >= 0.6 is 0 Å². The van der Waals surface area contributed by atoms with Gasteiger partial charge in [0.2, 0.25) is 0 Å². The van der Waals surface area contributed by atoms with Gasteiger partial charge in [-0.1, -0.05) is 33.1 Å². The molecule has 2 atom stereocenters. The minimum Gasteiger partial charge on any atom is -0.313 e. The van der Waals surface area contributed by atoms with E-state index in [4.69, 9.17) is 0 Å². The van der Waals surface area contributed by atoms with Gasteiger partial charge in [0.25, 0.3) is 0 Å². The maximum absolute atomic E-state index is 3.75. The number of nitrogens with zero attached hydrogens (tertiary/aromatic N) is 1. The van der Waals surface area contributed by atoms with E-state index in [9.17, 15) is 0 Å². The first-order chi connectivity index (χ1) is 8.25. The summed E-state index contributed by atoms with van der Waals surface area (Å²) < 4.78 is 0. The number of rotatable bonds is 4. The molecule has 0 aromatic rings. The molecule has 2 rings (SSSR count). The van der Waals surface area contributed by atoms with E-state index >= 15 is 0 Å². The molecule has 2 heteroatoms. The lowest BCUT2D eigenvalue weighted by molar-refractivity contribution is 0.137. The van der Waals surface area contributed by atoms with Gasteiger partial charge in [0.15, 0.2) is 0 Å². The molecule has 0 aromatic heterocycles. The summed E-state index contributed by atoms with van der Waals surface area (Å²) in [5.74, 6) is 1.82. The van der Waals surface area contributed by atoms with E-state index < -0.39 is 0 Å². The third kappa shape index (κ3) is 4.26. The Labute approximate surface area is 107 Å². The normalized spacial score (nSPS) is 32.8. The molecule has 2 fully saturated rings. The predicted molar refractivity (Wildman–Crippen MR) is 74.3 cm³/mol. The van der Waals surface area contributed by atoms with Gasteiger partial charge < -0.3 is 10.2 Å². The Hall–Kier alpha value is -0.0800. The lowest BCUT2D eigenvalue weighted by atomic mass is 9.89. The fraction of sp³-hybridized carbons (Fsp3) is 1.00. The van der Waals surface area contributed by atoms with E-state index in [0.717, 1.165) is 17.9 Å². The van der Waals surface area contributed by atoms with E-state index in [1.54, 1.807) is 0 Å². The Morgan fingerprint density at radius 3 is 2.47 bits per heavy atom. The molecule has 17 heavy (non-hydrogen) atoms. The van der Waals surface area contributed by atoms with Crippen LogP contribution in [0.4, 0.5) is 0 Å². The summed E-state index contributed by atoms with van der Waals surface area (Å²) in [5, 5.41) is 3.75. The molecule has 1 N–H and O–H groups in total. The van der Waals surface area contributed by atoms with E-state index in [1.165, 1.54) is 64.7 Å². The van der Waals surface area contributed by atoms with Gasteiger partial charge in [-0.25, -0.2) is 0 Å². The maximum Gasteiger partial charge on any atom is 0.0107 e. The molecule has 0 amide bonds. The summed E-state index contributed by atoms with van der Waals surface area (Å²) in [6.07, 6.45) is 8.55. The molecule has 0 radical (unpaired) electrons. The van der Waals surface area contributed by atoms with Crippen LogP contribution in [0.1, 0.15) is 52.4 Å². The Morgan fingerprint density at radius 2 is 1.76 bits per heavy atom. The fourth-order valence-corrected chi connectivity index (χ4v) is 3.29. The second-order valence-corrected chi connectivity index (χ2v) is 6.33. The Bertz CT molecular complexity index is 211. The van der Waals surface area contributed by atoms with Crippen LogP contribution in [-0.2, 0) is 0 Å². The van der Waals surface area contributed by atoms with Crippen molar-refractivity contribution in [3.8, 4) is 0 Å². The smallest absolute Gasteiger partial charge is 0.0107 e. The summed E-state index contributed by atoms with van der Waals surface area (Å²) in [5.41, 5.74) is 0. The number of likely N-dealkylation sites (tertiary alicyclic amines) is 1. The van der Waals surface area contributed by atoms with E-state index in [2.05, 4.69) is 24.1 Å². The lowest BCUT2D eigenvalue weighted by Gasteiger charge is -2.35. The molecule has 1 saturated carbocycles. The Balaban J connectivity index is 1.58. The molecule has 0 spiro atoms. The van der Waals surface area contributed by atoms with Crippen LogP contribution in [0, 0.1) is 11.8 Å². The van der Waals surface area contributed by atoms with Gasteiger partial charge in [-0.05, 0) is 37.6 Å². The fourth-order valence-electron chi connectivity index (χ4n) is 3.29. The zero-order chi connectivity index (χ0) is 12.1. The van der Waals surface area contributed by atoms with Crippen molar-refractivity contribution in [2.45, 2.75) is 58.4 Å². The van der Waals surface area contributed by atoms with Gasteiger partial charge in [0.05, 0.1) is 0 Å². The third-order valence-electron chi connectivity index (χ3n) is 4.88. The molecule has 2 nitrogen and oxygen atoms in total. The van der Waals surface area contributed by atoms with Crippen molar-refractivity contribution in [2.24, 2.45) is 11.8 Å². The van der Waals surface area contributed by atoms with Crippen molar-refractivity contribution in [1.29, 1.82) is 0 Å². The number of hydrogen-bond acceptors (Lipinski definition) is 2. The van der Waals surface area contributed by atoms with Gasteiger partial charge in [-0.15, -0.1) is 0 Å². The second-order valence-electron chi connectivity index (χ2n) is 6.33. The van der Waals surface area contributed by atoms with Crippen LogP contribution in [0.2, 0.25) is 0 Å². The third-order valence-corrected chi connectivity index (χ3v) is 4.88.